The second-order valence-electron chi connectivity index (χ2n) is 5.77. The molecule has 0 aliphatic carbocycles. The van der Waals surface area contributed by atoms with E-state index in [9.17, 15) is 0 Å². The molecular weight excluding hydrogens is 420 g/mol. The fraction of sp³-hybridized carbons (Fsp3) is 0. The predicted molar refractivity (Wildman–Crippen MR) is 112 cm³/mol. The highest BCUT2D eigenvalue weighted by Crippen LogP contribution is 2.34. The van der Waals surface area contributed by atoms with Gasteiger partial charge in [0.1, 0.15) is 5.03 Å². The second-order valence-corrected chi connectivity index (χ2v) is 7.69. The highest BCUT2D eigenvalue weighted by Gasteiger charge is 2.08. The molecule has 3 aromatic carbocycles. The van der Waals surface area contributed by atoms with Gasteiger partial charge in [0.25, 0.3) is 0 Å². The largest absolute Gasteiger partial charge is 0.324 e. The maximum atomic E-state index is 8.89. The van der Waals surface area contributed by atoms with Crippen LogP contribution in [0.3, 0.4) is 0 Å². The van der Waals surface area contributed by atoms with Crippen LogP contribution < -0.4 is 5.32 Å². The van der Waals surface area contributed by atoms with E-state index in [1.54, 1.807) is 30.1 Å². The first-order valence-electron chi connectivity index (χ1n) is 8.18. The minimum Gasteiger partial charge on any atom is -0.324 e. The van der Waals surface area contributed by atoms with E-state index in [-0.39, 0.29) is 0 Å². The number of aromatic nitrogens is 2. The van der Waals surface area contributed by atoms with Gasteiger partial charge in [0.2, 0.25) is 5.95 Å². The Morgan fingerprint density at radius 3 is 2.52 bits per heavy atom. The van der Waals surface area contributed by atoms with Crippen molar-refractivity contribution in [2.24, 2.45) is 0 Å². The quantitative estimate of drug-likeness (QED) is 0.391. The maximum absolute atomic E-state index is 8.89. The van der Waals surface area contributed by atoms with E-state index in [1.165, 1.54) is 10.8 Å². The van der Waals surface area contributed by atoms with E-state index >= 15 is 0 Å². The third-order valence-corrected chi connectivity index (χ3v) is 5.75. The van der Waals surface area contributed by atoms with Crippen molar-refractivity contribution < 1.29 is 0 Å². The molecule has 27 heavy (non-hydrogen) atoms. The topological polar surface area (TPSA) is 61.6 Å². The standard InChI is InChI=1S/C21H13BrN4S/c22-19-13-24-21(25-17-8-5-14(12-23)6-9-17)26-20(19)27-18-10-7-15-3-1-2-4-16(15)11-18/h1-11,13H,(H,24,25,26). The summed E-state index contributed by atoms with van der Waals surface area (Å²) in [6, 6.07) is 23.9. The average Bonchev–Trinajstić information content (AvgIpc) is 2.71. The van der Waals surface area contributed by atoms with Gasteiger partial charge in [-0.25, -0.2) is 9.97 Å². The summed E-state index contributed by atoms with van der Waals surface area (Å²) in [6.07, 6.45) is 1.74. The van der Waals surface area contributed by atoms with Crippen LogP contribution in [0.15, 0.2) is 87.3 Å². The number of anilines is 2. The molecule has 4 nitrogen and oxygen atoms in total. The number of halogens is 1. The van der Waals surface area contributed by atoms with E-state index in [0.717, 1.165) is 20.1 Å². The Morgan fingerprint density at radius 1 is 0.963 bits per heavy atom. The Bertz CT molecular complexity index is 1150. The van der Waals surface area contributed by atoms with Crippen molar-refractivity contribution in [3.63, 3.8) is 0 Å². The zero-order chi connectivity index (χ0) is 18.6. The van der Waals surface area contributed by atoms with Crippen molar-refractivity contribution in [2.75, 3.05) is 5.32 Å². The first kappa shape index (κ1) is 17.5. The highest BCUT2D eigenvalue weighted by molar-refractivity contribution is 9.10. The van der Waals surface area contributed by atoms with Crippen LogP contribution in [-0.4, -0.2) is 9.97 Å². The molecule has 4 rings (SSSR count). The van der Waals surface area contributed by atoms with Gasteiger partial charge in [-0.15, -0.1) is 0 Å². The molecule has 0 unspecified atom stereocenters. The third kappa shape index (κ3) is 4.11. The van der Waals surface area contributed by atoms with Crippen LogP contribution in [0.2, 0.25) is 0 Å². The molecule has 0 fully saturated rings. The maximum Gasteiger partial charge on any atom is 0.228 e. The SMILES string of the molecule is N#Cc1ccc(Nc2ncc(Br)c(Sc3ccc4ccccc4c3)n2)cc1. The highest BCUT2D eigenvalue weighted by atomic mass is 79.9. The van der Waals surface area contributed by atoms with E-state index in [0.29, 0.717) is 11.5 Å². The number of nitriles is 1. The average molecular weight is 433 g/mol. The lowest BCUT2D eigenvalue weighted by Crippen LogP contribution is -1.98. The van der Waals surface area contributed by atoms with E-state index in [4.69, 9.17) is 5.26 Å². The summed E-state index contributed by atoms with van der Waals surface area (Å²) in [6.45, 7) is 0. The van der Waals surface area contributed by atoms with Crippen LogP contribution in [0.5, 0.6) is 0 Å². The van der Waals surface area contributed by atoms with Crippen molar-refractivity contribution in [1.29, 1.82) is 5.26 Å². The molecule has 0 saturated carbocycles. The number of hydrogen-bond acceptors (Lipinski definition) is 5. The lowest BCUT2D eigenvalue weighted by atomic mass is 10.1. The van der Waals surface area contributed by atoms with Crippen LogP contribution >= 0.6 is 27.7 Å². The zero-order valence-electron chi connectivity index (χ0n) is 14.1. The Hall–Kier alpha value is -2.88. The molecule has 0 amide bonds. The summed E-state index contributed by atoms with van der Waals surface area (Å²) in [7, 11) is 0. The lowest BCUT2D eigenvalue weighted by molar-refractivity contribution is 1.03. The molecule has 130 valence electrons. The normalized spacial score (nSPS) is 10.5. The Morgan fingerprint density at radius 2 is 1.74 bits per heavy atom. The van der Waals surface area contributed by atoms with Gasteiger partial charge >= 0.3 is 0 Å². The van der Waals surface area contributed by atoms with Gasteiger partial charge in [0, 0.05) is 16.8 Å². The van der Waals surface area contributed by atoms with Crippen molar-refractivity contribution in [3.05, 3.63) is 83.0 Å². The Labute approximate surface area is 169 Å². The monoisotopic (exact) mass is 432 g/mol. The number of nitrogens with zero attached hydrogens (tertiary/aromatic N) is 3. The summed E-state index contributed by atoms with van der Waals surface area (Å²) in [5, 5.41) is 15.3. The predicted octanol–water partition coefficient (Wildman–Crippen LogP) is 6.16. The van der Waals surface area contributed by atoms with Crippen molar-refractivity contribution in [2.45, 2.75) is 9.92 Å². The summed E-state index contributed by atoms with van der Waals surface area (Å²) in [5.41, 5.74) is 1.45. The molecule has 0 saturated heterocycles. The number of rotatable bonds is 4. The molecule has 0 spiro atoms. The lowest BCUT2D eigenvalue weighted by Gasteiger charge is -2.09. The van der Waals surface area contributed by atoms with Gasteiger partial charge in [-0.1, -0.05) is 42.1 Å². The van der Waals surface area contributed by atoms with E-state index in [2.05, 4.69) is 67.6 Å². The molecule has 4 aromatic rings. The van der Waals surface area contributed by atoms with Crippen molar-refractivity contribution in [3.8, 4) is 6.07 Å². The van der Waals surface area contributed by atoms with Crippen LogP contribution in [0.25, 0.3) is 10.8 Å². The second kappa shape index (κ2) is 7.78. The van der Waals surface area contributed by atoms with Crippen molar-refractivity contribution >= 4 is 50.1 Å². The van der Waals surface area contributed by atoms with Gasteiger partial charge in [-0.2, -0.15) is 5.26 Å². The van der Waals surface area contributed by atoms with Gasteiger partial charge < -0.3 is 5.32 Å². The molecule has 0 radical (unpaired) electrons. The van der Waals surface area contributed by atoms with E-state index < -0.39 is 0 Å². The number of nitrogens with one attached hydrogen (secondary N) is 1. The molecular formula is C21H13BrN4S. The summed E-state index contributed by atoms with van der Waals surface area (Å²) < 4.78 is 0.839. The van der Waals surface area contributed by atoms with Crippen LogP contribution in [0.1, 0.15) is 5.56 Å². The van der Waals surface area contributed by atoms with Gasteiger partial charge in [0.05, 0.1) is 16.1 Å². The fourth-order valence-electron chi connectivity index (χ4n) is 2.58. The molecule has 6 heteroatoms. The number of fused-ring (bicyclic) bond motifs is 1. The van der Waals surface area contributed by atoms with Gasteiger partial charge in [-0.05, 0) is 63.1 Å². The summed E-state index contributed by atoms with van der Waals surface area (Å²) in [5.74, 6) is 0.506. The van der Waals surface area contributed by atoms with Crippen LogP contribution in [0.4, 0.5) is 11.6 Å². The molecule has 1 N–H and O–H groups in total. The van der Waals surface area contributed by atoms with E-state index in [1.807, 2.05) is 24.3 Å². The minimum absolute atomic E-state index is 0.506. The summed E-state index contributed by atoms with van der Waals surface area (Å²) in [4.78, 5) is 10.0. The molecule has 0 atom stereocenters. The van der Waals surface area contributed by atoms with Crippen LogP contribution in [0, 0.1) is 11.3 Å². The first-order valence-corrected chi connectivity index (χ1v) is 9.78. The third-order valence-electron chi connectivity index (χ3n) is 3.92. The summed E-state index contributed by atoms with van der Waals surface area (Å²) >= 11 is 5.11. The smallest absolute Gasteiger partial charge is 0.228 e. The molecule has 0 bridgehead atoms. The van der Waals surface area contributed by atoms with Gasteiger partial charge in [0.15, 0.2) is 0 Å². The number of benzene rings is 3. The zero-order valence-corrected chi connectivity index (χ0v) is 16.5. The number of hydrogen-bond donors (Lipinski definition) is 1. The minimum atomic E-state index is 0.506. The fourth-order valence-corrected chi connectivity index (χ4v) is 3.84. The Kier molecular flexibility index (Phi) is 5.05. The molecule has 0 aliphatic heterocycles. The van der Waals surface area contributed by atoms with Crippen molar-refractivity contribution in [1.82, 2.24) is 9.97 Å². The molecule has 1 heterocycles. The molecule has 1 aromatic heterocycles. The first-order chi connectivity index (χ1) is 13.2. The van der Waals surface area contributed by atoms with Crippen LogP contribution in [-0.2, 0) is 0 Å². The Balaban J connectivity index is 1.58. The van der Waals surface area contributed by atoms with Gasteiger partial charge in [-0.3, -0.25) is 0 Å². The molecule has 0 aliphatic rings.